The molecule has 2 N–H and O–H groups in total. The molecule has 6 nitrogen and oxygen atoms in total. The zero-order valence-corrected chi connectivity index (χ0v) is 22.6. The highest BCUT2D eigenvalue weighted by Crippen LogP contribution is 2.51. The molecule has 0 radical (unpaired) electrons. The molecule has 2 aliphatic carbocycles. The van der Waals surface area contributed by atoms with Gasteiger partial charge in [-0.15, -0.1) is 0 Å². The quantitative estimate of drug-likeness (QED) is 0.473. The van der Waals surface area contributed by atoms with E-state index in [2.05, 4.69) is 16.3 Å². The Labute approximate surface area is 228 Å². The highest BCUT2D eigenvalue weighted by molar-refractivity contribution is 6.42. The standard InChI is InChI=1S/C29H34Cl2N2O4/c1-18(34)37-27-14-22(32-28(36)12-20-7-8-25(30)26(31)11-20)15-29(21-3-2-4-23(35)13-21)9-10-33(17-24(27)29)16-19-5-6-19/h2-4,7-8,11,13,19,22,24,27,35H,5-6,9-10,12,14-17H2,1H3,(H,32,36)/t22-,24?,27?,29?/m0/s1. The number of carbonyl (C=O) groups is 2. The predicted molar refractivity (Wildman–Crippen MR) is 144 cm³/mol. The Balaban J connectivity index is 1.41. The molecule has 2 saturated carbocycles. The number of nitrogens with one attached hydrogen (secondary N) is 1. The van der Waals surface area contributed by atoms with Gasteiger partial charge in [0.25, 0.3) is 0 Å². The van der Waals surface area contributed by atoms with Crippen molar-refractivity contribution in [1.82, 2.24) is 10.2 Å². The van der Waals surface area contributed by atoms with Gasteiger partial charge in [-0.05, 0) is 73.5 Å². The molecule has 8 heteroatoms. The fourth-order valence-electron chi connectivity index (χ4n) is 6.47. The molecule has 3 unspecified atom stereocenters. The number of aromatic hydroxyl groups is 1. The van der Waals surface area contributed by atoms with Crippen molar-refractivity contribution in [3.63, 3.8) is 0 Å². The number of phenols is 1. The van der Waals surface area contributed by atoms with Gasteiger partial charge in [-0.1, -0.05) is 41.4 Å². The number of esters is 1. The van der Waals surface area contributed by atoms with Crippen LogP contribution in [0.2, 0.25) is 10.0 Å². The molecule has 3 aliphatic rings. The van der Waals surface area contributed by atoms with Crippen LogP contribution in [0, 0.1) is 11.8 Å². The molecule has 5 rings (SSSR count). The molecule has 4 atom stereocenters. The first kappa shape index (κ1) is 26.3. The Bertz CT molecular complexity index is 1170. The van der Waals surface area contributed by atoms with Gasteiger partial charge in [0.15, 0.2) is 0 Å². The number of halogens is 2. The molecule has 0 spiro atoms. The molecule has 0 aromatic heterocycles. The Morgan fingerprint density at radius 3 is 2.68 bits per heavy atom. The van der Waals surface area contributed by atoms with Crippen molar-refractivity contribution in [1.29, 1.82) is 0 Å². The fraction of sp³-hybridized carbons (Fsp3) is 0.517. The minimum Gasteiger partial charge on any atom is -0.508 e. The lowest BCUT2D eigenvalue weighted by atomic mass is 9.57. The number of fused-ring (bicyclic) bond motifs is 1. The molecule has 3 fully saturated rings. The Morgan fingerprint density at radius 1 is 1.16 bits per heavy atom. The maximum Gasteiger partial charge on any atom is 0.302 e. The lowest BCUT2D eigenvalue weighted by Gasteiger charge is -2.55. The number of benzene rings is 2. The summed E-state index contributed by atoms with van der Waals surface area (Å²) in [5.74, 6) is 0.657. The molecule has 37 heavy (non-hydrogen) atoms. The van der Waals surface area contributed by atoms with Crippen LogP contribution in [0.25, 0.3) is 0 Å². The van der Waals surface area contributed by atoms with Crippen molar-refractivity contribution in [2.45, 2.75) is 63.0 Å². The van der Waals surface area contributed by atoms with E-state index < -0.39 is 0 Å². The van der Waals surface area contributed by atoms with Crippen molar-refractivity contribution in [2.24, 2.45) is 11.8 Å². The summed E-state index contributed by atoms with van der Waals surface area (Å²) in [6.45, 7) is 4.32. The molecule has 2 aromatic rings. The van der Waals surface area contributed by atoms with Crippen LogP contribution in [0.3, 0.4) is 0 Å². The number of nitrogens with zero attached hydrogens (tertiary/aromatic N) is 1. The summed E-state index contributed by atoms with van der Waals surface area (Å²) in [4.78, 5) is 27.8. The summed E-state index contributed by atoms with van der Waals surface area (Å²) in [6, 6.07) is 12.5. The summed E-state index contributed by atoms with van der Waals surface area (Å²) in [5.41, 5.74) is 1.51. The van der Waals surface area contributed by atoms with Gasteiger partial charge >= 0.3 is 5.97 Å². The van der Waals surface area contributed by atoms with Crippen molar-refractivity contribution in [2.75, 3.05) is 19.6 Å². The van der Waals surface area contributed by atoms with E-state index in [1.807, 2.05) is 12.1 Å². The number of rotatable bonds is 7. The third kappa shape index (κ3) is 6.08. The summed E-state index contributed by atoms with van der Waals surface area (Å²) in [7, 11) is 0. The Kier molecular flexibility index (Phi) is 7.71. The van der Waals surface area contributed by atoms with Gasteiger partial charge in [-0.25, -0.2) is 0 Å². The van der Waals surface area contributed by atoms with E-state index in [4.69, 9.17) is 27.9 Å². The SMILES string of the molecule is CC(=O)OC1C[C@H](NC(=O)Cc2ccc(Cl)c(Cl)c2)CC2(c3cccc(O)c3)CCN(CC3CC3)CC12. The average Bonchev–Trinajstić information content (AvgIpc) is 3.65. The summed E-state index contributed by atoms with van der Waals surface area (Å²) < 4.78 is 5.95. The van der Waals surface area contributed by atoms with Gasteiger partial charge in [0, 0.05) is 43.8 Å². The van der Waals surface area contributed by atoms with Crippen molar-refractivity contribution in [3.8, 4) is 5.75 Å². The number of piperidine rings is 1. The number of likely N-dealkylation sites (tertiary alicyclic amines) is 1. The maximum absolute atomic E-state index is 13.1. The van der Waals surface area contributed by atoms with Crippen molar-refractivity contribution >= 4 is 35.1 Å². The van der Waals surface area contributed by atoms with E-state index in [0.29, 0.717) is 16.5 Å². The van der Waals surface area contributed by atoms with Crippen LogP contribution in [0.5, 0.6) is 5.75 Å². The number of hydrogen-bond acceptors (Lipinski definition) is 5. The summed E-state index contributed by atoms with van der Waals surface area (Å²) in [6.07, 6.45) is 4.61. The van der Waals surface area contributed by atoms with Gasteiger partial charge in [-0.3, -0.25) is 9.59 Å². The predicted octanol–water partition coefficient (Wildman–Crippen LogP) is 5.12. The first-order valence-electron chi connectivity index (χ1n) is 13.1. The Hall–Kier alpha value is -2.28. The molecule has 2 aromatic carbocycles. The average molecular weight is 546 g/mol. The van der Waals surface area contributed by atoms with Gasteiger partial charge < -0.3 is 20.1 Å². The van der Waals surface area contributed by atoms with E-state index in [0.717, 1.165) is 49.5 Å². The van der Waals surface area contributed by atoms with Gasteiger partial charge in [0.2, 0.25) is 5.91 Å². The van der Waals surface area contributed by atoms with E-state index in [1.54, 1.807) is 24.3 Å². The van der Waals surface area contributed by atoms with E-state index >= 15 is 0 Å². The second-order valence-electron chi connectivity index (χ2n) is 11.0. The molecule has 0 bridgehead atoms. The molecule has 1 amide bonds. The second kappa shape index (κ2) is 10.8. The first-order chi connectivity index (χ1) is 17.7. The molecule has 1 saturated heterocycles. The third-order valence-electron chi connectivity index (χ3n) is 8.28. The zero-order valence-electron chi connectivity index (χ0n) is 21.1. The Morgan fingerprint density at radius 2 is 1.97 bits per heavy atom. The number of amides is 1. The number of carbonyl (C=O) groups excluding carboxylic acids is 2. The van der Waals surface area contributed by atoms with Crippen LogP contribution in [0.4, 0.5) is 0 Å². The van der Waals surface area contributed by atoms with Crippen LogP contribution in [-0.2, 0) is 26.2 Å². The van der Waals surface area contributed by atoms with E-state index in [1.165, 1.54) is 19.8 Å². The van der Waals surface area contributed by atoms with Crippen LogP contribution < -0.4 is 5.32 Å². The van der Waals surface area contributed by atoms with Crippen LogP contribution in [0.15, 0.2) is 42.5 Å². The first-order valence-corrected chi connectivity index (χ1v) is 13.9. The van der Waals surface area contributed by atoms with Crippen LogP contribution >= 0.6 is 23.2 Å². The topological polar surface area (TPSA) is 78.9 Å². The highest BCUT2D eigenvalue weighted by Gasteiger charge is 2.54. The highest BCUT2D eigenvalue weighted by atomic mass is 35.5. The summed E-state index contributed by atoms with van der Waals surface area (Å²) >= 11 is 12.2. The lowest BCUT2D eigenvalue weighted by molar-refractivity contribution is -0.157. The molecular weight excluding hydrogens is 511 g/mol. The molecule has 1 aliphatic heterocycles. The molecule has 198 valence electrons. The number of hydrogen-bond donors (Lipinski definition) is 2. The second-order valence-corrected chi connectivity index (χ2v) is 11.9. The minimum absolute atomic E-state index is 0.0777. The smallest absolute Gasteiger partial charge is 0.302 e. The van der Waals surface area contributed by atoms with Crippen LogP contribution in [0.1, 0.15) is 50.2 Å². The molecular formula is C29H34Cl2N2O4. The van der Waals surface area contributed by atoms with Crippen molar-refractivity contribution in [3.05, 3.63) is 63.6 Å². The van der Waals surface area contributed by atoms with Crippen molar-refractivity contribution < 1.29 is 19.4 Å². The maximum atomic E-state index is 13.1. The van der Waals surface area contributed by atoms with E-state index in [-0.39, 0.29) is 47.5 Å². The third-order valence-corrected chi connectivity index (χ3v) is 9.02. The summed E-state index contributed by atoms with van der Waals surface area (Å²) in [5, 5.41) is 14.4. The lowest BCUT2D eigenvalue weighted by Crippen LogP contribution is -2.61. The van der Waals surface area contributed by atoms with Crippen LogP contribution in [-0.4, -0.2) is 53.7 Å². The minimum atomic E-state index is -0.328. The monoisotopic (exact) mass is 544 g/mol. The largest absolute Gasteiger partial charge is 0.508 e. The number of phenolic OH excluding ortho intramolecular Hbond substituents is 1. The molecule has 1 heterocycles. The van der Waals surface area contributed by atoms with E-state index in [9.17, 15) is 14.7 Å². The fourth-order valence-corrected chi connectivity index (χ4v) is 6.79. The van der Waals surface area contributed by atoms with Gasteiger partial charge in [-0.2, -0.15) is 0 Å². The number of ether oxygens (including phenoxy) is 1. The normalized spacial score (nSPS) is 27.8. The zero-order chi connectivity index (χ0) is 26.2. The van der Waals surface area contributed by atoms with Gasteiger partial charge in [0.1, 0.15) is 11.9 Å². The van der Waals surface area contributed by atoms with Gasteiger partial charge in [0.05, 0.1) is 16.5 Å².